The van der Waals surface area contributed by atoms with Gasteiger partial charge in [0.2, 0.25) is 0 Å². The summed E-state index contributed by atoms with van der Waals surface area (Å²) in [7, 11) is 0. The Morgan fingerprint density at radius 1 is 1.00 bits per heavy atom. The van der Waals surface area contributed by atoms with E-state index in [9.17, 15) is 0 Å². The fraction of sp³-hybridized carbons (Fsp3) is 0. The first-order valence-corrected chi connectivity index (χ1v) is 0. The molecular weight excluding hydrogens is 270 g/mol. The molecule has 0 spiro atoms. The second-order valence-electron chi connectivity index (χ2n) is 0. The zero-order valence-electron chi connectivity index (χ0n) is 2.19. The molecule has 0 saturated heterocycles. The standard InChI is InChI=1S/La.Mg.O.Zr/q+3;+2;-2;+4. The summed E-state index contributed by atoms with van der Waals surface area (Å²) in [6.07, 6.45) is 0. The van der Waals surface area contributed by atoms with Crippen LogP contribution in [-0.2, 0) is 31.7 Å². The van der Waals surface area contributed by atoms with Gasteiger partial charge in [0.15, 0.2) is 0 Å². The quantitative estimate of drug-likeness (QED) is 0.531. The molecule has 0 amide bonds. The molecule has 0 bridgehead atoms. The first kappa shape index (κ1) is 29.2. The molecule has 4 heavy (non-hydrogen) atoms. The normalized spacial score (nSPS) is 0. The predicted molar refractivity (Wildman–Crippen MR) is 6.44 cm³/mol. The van der Waals surface area contributed by atoms with Crippen molar-refractivity contribution >= 4 is 23.1 Å². The average Bonchev–Trinajstić information content (AvgIpc) is 0. The minimum absolute atomic E-state index is 0. The van der Waals surface area contributed by atoms with E-state index in [1.807, 2.05) is 0 Å². The van der Waals surface area contributed by atoms with E-state index in [-0.39, 0.29) is 90.3 Å². The van der Waals surface area contributed by atoms with E-state index in [0.717, 1.165) is 0 Å². The van der Waals surface area contributed by atoms with Crippen LogP contribution >= 0.6 is 0 Å². The van der Waals surface area contributed by atoms with Crippen molar-refractivity contribution < 1.29 is 67.3 Å². The topological polar surface area (TPSA) is 28.5 Å². The third-order valence-electron chi connectivity index (χ3n) is 0. The zero-order valence-corrected chi connectivity index (χ0v) is 9.69. The molecule has 0 aromatic heterocycles. The van der Waals surface area contributed by atoms with Gasteiger partial charge in [-0.15, -0.1) is 0 Å². The number of rotatable bonds is 0. The summed E-state index contributed by atoms with van der Waals surface area (Å²) in [5.41, 5.74) is 0. The van der Waals surface area contributed by atoms with Crippen molar-refractivity contribution in [1.29, 1.82) is 0 Å². The van der Waals surface area contributed by atoms with Crippen molar-refractivity contribution in [2.45, 2.75) is 0 Å². The van der Waals surface area contributed by atoms with E-state index in [0.29, 0.717) is 0 Å². The molecule has 4 heteroatoms. The maximum absolute atomic E-state index is 0. The van der Waals surface area contributed by atoms with E-state index in [1.165, 1.54) is 0 Å². The molecule has 1 nitrogen and oxygen atoms in total. The largest absolute Gasteiger partial charge is 4.00 e. The second kappa shape index (κ2) is 17.0. The fourth-order valence-electron chi connectivity index (χ4n) is 0. The molecule has 0 aromatic carbocycles. The van der Waals surface area contributed by atoms with Crippen molar-refractivity contribution in [3.63, 3.8) is 0 Å². The SMILES string of the molecule is [La+3].[Mg+2].[O-2].[Zr+4]. The molecule has 0 aromatic rings. The van der Waals surface area contributed by atoms with Gasteiger partial charge in [-0.25, -0.2) is 0 Å². The van der Waals surface area contributed by atoms with E-state index in [2.05, 4.69) is 0 Å². The van der Waals surface area contributed by atoms with Gasteiger partial charge in [0.1, 0.15) is 0 Å². The molecule has 0 N–H and O–H groups in total. The zero-order chi connectivity index (χ0) is 0. The van der Waals surface area contributed by atoms with Crippen LogP contribution < -0.4 is 0 Å². The van der Waals surface area contributed by atoms with Crippen molar-refractivity contribution in [3.05, 3.63) is 0 Å². The minimum atomic E-state index is 0. The third kappa shape index (κ3) is 8.84. The van der Waals surface area contributed by atoms with Crippen LogP contribution in [0.3, 0.4) is 0 Å². The monoisotopic (exact) mass is 269 g/mol. The average molecular weight is 270 g/mol. The smallest absolute Gasteiger partial charge is 2.00 e. The molecule has 0 aliphatic heterocycles. The summed E-state index contributed by atoms with van der Waals surface area (Å²) >= 11 is 0. The molecule has 0 rings (SSSR count). The van der Waals surface area contributed by atoms with Gasteiger partial charge in [-0.3, -0.25) is 0 Å². The molecule has 0 radical (unpaired) electrons. The van der Waals surface area contributed by atoms with Crippen LogP contribution in [-0.4, -0.2) is 23.1 Å². The maximum atomic E-state index is 0. The van der Waals surface area contributed by atoms with Gasteiger partial charge in [-0.2, -0.15) is 0 Å². The Hall–Kier alpha value is 2.80. The summed E-state index contributed by atoms with van der Waals surface area (Å²) in [5.74, 6) is 0. The van der Waals surface area contributed by atoms with Crippen LogP contribution in [0.5, 0.6) is 0 Å². The van der Waals surface area contributed by atoms with Crippen molar-refractivity contribution in [1.82, 2.24) is 0 Å². The summed E-state index contributed by atoms with van der Waals surface area (Å²) in [6.45, 7) is 0. The number of hydrogen-bond acceptors (Lipinski definition) is 0. The maximum Gasteiger partial charge on any atom is 4.00 e. The predicted octanol–water partition coefficient (Wildman–Crippen LogP) is -0.502. The van der Waals surface area contributed by atoms with E-state index >= 15 is 0 Å². The fourth-order valence-corrected chi connectivity index (χ4v) is 0. The molecule has 8 valence electrons. The summed E-state index contributed by atoms with van der Waals surface area (Å²) in [4.78, 5) is 0. The van der Waals surface area contributed by atoms with Gasteiger partial charge in [-0.05, 0) is 0 Å². The van der Waals surface area contributed by atoms with Crippen LogP contribution in [0.4, 0.5) is 0 Å². The van der Waals surface area contributed by atoms with Gasteiger partial charge in [0, 0.05) is 0 Å². The Bertz CT molecular complexity index is 8.00. The van der Waals surface area contributed by atoms with Crippen LogP contribution in [0.15, 0.2) is 0 Å². The van der Waals surface area contributed by atoms with E-state index in [1.54, 1.807) is 0 Å². The Morgan fingerprint density at radius 2 is 1.00 bits per heavy atom. The summed E-state index contributed by atoms with van der Waals surface area (Å²) in [6, 6.07) is 0. The molecule has 0 saturated carbocycles. The second-order valence-corrected chi connectivity index (χ2v) is 0. The summed E-state index contributed by atoms with van der Waals surface area (Å²) in [5, 5.41) is 0. The van der Waals surface area contributed by atoms with Crippen molar-refractivity contribution in [2.24, 2.45) is 0 Å². The van der Waals surface area contributed by atoms with Crippen LogP contribution in [0.25, 0.3) is 0 Å². The first-order valence-electron chi connectivity index (χ1n) is 0. The van der Waals surface area contributed by atoms with E-state index < -0.39 is 0 Å². The van der Waals surface area contributed by atoms with Gasteiger partial charge in [-0.1, -0.05) is 0 Å². The Labute approximate surface area is 88.5 Å². The molecule has 0 aliphatic carbocycles. The van der Waals surface area contributed by atoms with Crippen LogP contribution in [0.1, 0.15) is 0 Å². The molecule has 0 unspecified atom stereocenters. The number of hydrogen-bond donors (Lipinski definition) is 0. The minimum Gasteiger partial charge on any atom is -2.00 e. The van der Waals surface area contributed by atoms with Crippen LogP contribution in [0.2, 0.25) is 0 Å². The Balaban J connectivity index is 0. The van der Waals surface area contributed by atoms with Crippen molar-refractivity contribution in [3.8, 4) is 0 Å². The molecule has 0 heterocycles. The molecule has 0 fully saturated rings. The molecule has 0 atom stereocenters. The van der Waals surface area contributed by atoms with Gasteiger partial charge >= 0.3 is 84.9 Å². The first-order chi connectivity index (χ1) is 0. The molecular formula is LaMgOZr+7. The van der Waals surface area contributed by atoms with E-state index in [4.69, 9.17) is 0 Å². The third-order valence-corrected chi connectivity index (χ3v) is 0. The van der Waals surface area contributed by atoms with Gasteiger partial charge in [0.25, 0.3) is 0 Å². The van der Waals surface area contributed by atoms with Crippen LogP contribution in [0, 0.1) is 35.6 Å². The van der Waals surface area contributed by atoms with Gasteiger partial charge < -0.3 is 5.48 Å². The Kier molecular flexibility index (Phi) is 124. The van der Waals surface area contributed by atoms with Gasteiger partial charge in [0.05, 0.1) is 0 Å². The van der Waals surface area contributed by atoms with Crippen molar-refractivity contribution in [2.75, 3.05) is 0 Å². The Morgan fingerprint density at radius 3 is 1.00 bits per heavy atom. The molecule has 0 aliphatic rings. The summed E-state index contributed by atoms with van der Waals surface area (Å²) < 4.78 is 0.